The van der Waals surface area contributed by atoms with Crippen LogP contribution in [0.1, 0.15) is 5.69 Å². The Morgan fingerprint density at radius 1 is 1.42 bits per heavy atom. The molecule has 1 amide bonds. The molecule has 1 aromatic rings. The quantitative estimate of drug-likeness (QED) is 0.776. The van der Waals surface area contributed by atoms with E-state index in [1.165, 1.54) is 14.2 Å². The second-order valence-electron chi connectivity index (χ2n) is 4.30. The second-order valence-corrected chi connectivity index (χ2v) is 4.30. The van der Waals surface area contributed by atoms with Gasteiger partial charge in [-0.05, 0) is 12.1 Å². The molecule has 6 heteroatoms. The van der Waals surface area contributed by atoms with Gasteiger partial charge in [0.1, 0.15) is 0 Å². The molecule has 0 saturated heterocycles. The molecule has 1 rings (SSSR count). The van der Waals surface area contributed by atoms with Gasteiger partial charge in [0, 0.05) is 28.3 Å². The van der Waals surface area contributed by atoms with E-state index in [4.69, 9.17) is 9.47 Å². The van der Waals surface area contributed by atoms with Crippen LogP contribution in [0.2, 0.25) is 0 Å². The van der Waals surface area contributed by atoms with E-state index in [0.29, 0.717) is 6.54 Å². The first-order valence-corrected chi connectivity index (χ1v) is 6.00. The van der Waals surface area contributed by atoms with Crippen LogP contribution in [0.3, 0.4) is 0 Å². The molecule has 1 heterocycles. The Labute approximate surface area is 113 Å². The number of amides is 1. The Bertz CT molecular complexity index is 393. The Kier molecular flexibility index (Phi) is 6.24. The van der Waals surface area contributed by atoms with E-state index in [1.807, 2.05) is 31.1 Å². The first kappa shape index (κ1) is 15.4. The Balaban J connectivity index is 2.49. The summed E-state index contributed by atoms with van der Waals surface area (Å²) in [4.78, 5) is 18.0. The number of hydrogen-bond acceptors (Lipinski definition) is 5. The molecule has 0 aliphatic carbocycles. The topological polar surface area (TPSA) is 63.7 Å². The molecule has 1 aromatic heterocycles. The molecule has 0 aromatic carbocycles. The van der Waals surface area contributed by atoms with E-state index in [0.717, 1.165) is 11.4 Å². The zero-order chi connectivity index (χ0) is 14.3. The number of ether oxygens (including phenoxy) is 2. The minimum Gasteiger partial charge on any atom is -0.381 e. The van der Waals surface area contributed by atoms with Crippen molar-refractivity contribution in [2.24, 2.45) is 0 Å². The number of carbonyl (C=O) groups excluding carboxylic acids is 1. The molecule has 1 atom stereocenters. The predicted octanol–water partition coefficient (Wildman–Crippen LogP) is 0.425. The molecule has 6 nitrogen and oxygen atoms in total. The summed E-state index contributed by atoms with van der Waals surface area (Å²) < 4.78 is 9.93. The molecular formula is C13H21N3O3. The molecule has 1 N–H and O–H groups in total. The summed E-state index contributed by atoms with van der Waals surface area (Å²) in [6.45, 7) is 0.603. The summed E-state index contributed by atoms with van der Waals surface area (Å²) in [5.74, 6) is -0.206. The van der Waals surface area contributed by atoms with Crippen molar-refractivity contribution in [3.05, 3.63) is 24.0 Å². The highest BCUT2D eigenvalue weighted by Gasteiger charge is 2.16. The highest BCUT2D eigenvalue weighted by molar-refractivity contribution is 5.80. The van der Waals surface area contributed by atoms with E-state index < -0.39 is 6.10 Å². The fraction of sp³-hybridized carbons (Fsp3) is 0.538. The molecule has 0 radical (unpaired) electrons. The number of pyridine rings is 1. The van der Waals surface area contributed by atoms with Gasteiger partial charge in [0.15, 0.2) is 6.10 Å². The van der Waals surface area contributed by atoms with Crippen molar-refractivity contribution < 1.29 is 14.3 Å². The minimum atomic E-state index is -0.592. The number of anilines is 1. The van der Waals surface area contributed by atoms with Crippen LogP contribution in [0.25, 0.3) is 0 Å². The average Bonchev–Trinajstić information content (AvgIpc) is 2.42. The molecule has 0 aliphatic rings. The monoisotopic (exact) mass is 267 g/mol. The number of nitrogens with one attached hydrogen (secondary N) is 1. The van der Waals surface area contributed by atoms with Gasteiger partial charge in [-0.1, -0.05) is 0 Å². The van der Waals surface area contributed by atoms with Gasteiger partial charge in [-0.15, -0.1) is 0 Å². The molecule has 0 saturated carbocycles. The molecule has 0 bridgehead atoms. The summed E-state index contributed by atoms with van der Waals surface area (Å²) in [5, 5.41) is 2.76. The SMILES string of the molecule is COCC(OC)C(=O)NCc1ccc(N(C)C)cn1. The predicted molar refractivity (Wildman–Crippen MR) is 73.1 cm³/mol. The highest BCUT2D eigenvalue weighted by Crippen LogP contribution is 2.08. The van der Waals surface area contributed by atoms with Gasteiger partial charge in [-0.2, -0.15) is 0 Å². The number of methoxy groups -OCH3 is 2. The normalized spacial score (nSPS) is 12.0. The molecule has 0 spiro atoms. The summed E-state index contributed by atoms with van der Waals surface area (Å²) in [5.41, 5.74) is 1.82. The fourth-order valence-electron chi connectivity index (χ4n) is 1.48. The summed E-state index contributed by atoms with van der Waals surface area (Å²) in [6.07, 6.45) is 1.18. The maximum absolute atomic E-state index is 11.8. The van der Waals surface area contributed by atoms with Crippen molar-refractivity contribution >= 4 is 11.6 Å². The van der Waals surface area contributed by atoms with Crippen LogP contribution in [0.5, 0.6) is 0 Å². The minimum absolute atomic E-state index is 0.206. The van der Waals surface area contributed by atoms with E-state index in [9.17, 15) is 4.79 Å². The van der Waals surface area contributed by atoms with Crippen molar-refractivity contribution in [1.82, 2.24) is 10.3 Å². The van der Waals surface area contributed by atoms with Crippen molar-refractivity contribution in [3.8, 4) is 0 Å². The number of hydrogen-bond donors (Lipinski definition) is 1. The lowest BCUT2D eigenvalue weighted by Crippen LogP contribution is -2.38. The van der Waals surface area contributed by atoms with Crippen molar-refractivity contribution in [1.29, 1.82) is 0 Å². The first-order valence-electron chi connectivity index (χ1n) is 6.00. The maximum atomic E-state index is 11.8. The third-order valence-electron chi connectivity index (χ3n) is 2.66. The number of rotatable bonds is 7. The molecule has 0 aliphatic heterocycles. The number of nitrogens with zero attached hydrogens (tertiary/aromatic N) is 2. The number of carbonyl (C=O) groups is 1. The molecule has 19 heavy (non-hydrogen) atoms. The van der Waals surface area contributed by atoms with Crippen molar-refractivity contribution in [2.45, 2.75) is 12.6 Å². The van der Waals surface area contributed by atoms with E-state index in [1.54, 1.807) is 6.20 Å². The Morgan fingerprint density at radius 3 is 2.63 bits per heavy atom. The van der Waals surface area contributed by atoms with Crippen LogP contribution in [-0.4, -0.2) is 51.9 Å². The molecule has 106 valence electrons. The van der Waals surface area contributed by atoms with Gasteiger partial charge in [0.25, 0.3) is 5.91 Å². The van der Waals surface area contributed by atoms with Gasteiger partial charge < -0.3 is 19.7 Å². The zero-order valence-electron chi connectivity index (χ0n) is 11.8. The second kappa shape index (κ2) is 7.70. The molecule has 0 fully saturated rings. The van der Waals surface area contributed by atoms with Gasteiger partial charge in [0.2, 0.25) is 0 Å². The molecule has 1 unspecified atom stereocenters. The largest absolute Gasteiger partial charge is 0.381 e. The van der Waals surface area contributed by atoms with Crippen LogP contribution in [-0.2, 0) is 20.8 Å². The van der Waals surface area contributed by atoms with Gasteiger partial charge in [-0.3, -0.25) is 9.78 Å². The number of aromatic nitrogens is 1. The van der Waals surface area contributed by atoms with E-state index in [2.05, 4.69) is 10.3 Å². The fourth-order valence-corrected chi connectivity index (χ4v) is 1.48. The van der Waals surface area contributed by atoms with Crippen LogP contribution < -0.4 is 10.2 Å². The Hall–Kier alpha value is -1.66. The van der Waals surface area contributed by atoms with Crippen LogP contribution in [0.4, 0.5) is 5.69 Å². The maximum Gasteiger partial charge on any atom is 0.251 e. The van der Waals surface area contributed by atoms with E-state index in [-0.39, 0.29) is 12.5 Å². The van der Waals surface area contributed by atoms with E-state index >= 15 is 0 Å². The van der Waals surface area contributed by atoms with Gasteiger partial charge >= 0.3 is 0 Å². The zero-order valence-corrected chi connectivity index (χ0v) is 11.8. The van der Waals surface area contributed by atoms with Crippen molar-refractivity contribution in [3.63, 3.8) is 0 Å². The Morgan fingerprint density at radius 2 is 2.16 bits per heavy atom. The molecular weight excluding hydrogens is 246 g/mol. The summed E-state index contributed by atoms with van der Waals surface area (Å²) in [7, 11) is 6.91. The lowest BCUT2D eigenvalue weighted by Gasteiger charge is -2.15. The van der Waals surface area contributed by atoms with Gasteiger partial charge in [-0.25, -0.2) is 0 Å². The lowest BCUT2D eigenvalue weighted by molar-refractivity contribution is -0.134. The summed E-state index contributed by atoms with van der Waals surface area (Å²) in [6, 6.07) is 3.84. The standard InChI is InChI=1S/C13H21N3O3/c1-16(2)11-6-5-10(14-8-11)7-15-13(17)12(19-4)9-18-3/h5-6,8,12H,7,9H2,1-4H3,(H,15,17). The van der Waals surface area contributed by atoms with Crippen LogP contribution >= 0.6 is 0 Å². The van der Waals surface area contributed by atoms with Crippen LogP contribution in [0.15, 0.2) is 18.3 Å². The third kappa shape index (κ3) is 4.84. The lowest BCUT2D eigenvalue weighted by atomic mass is 10.3. The third-order valence-corrected chi connectivity index (χ3v) is 2.66. The van der Waals surface area contributed by atoms with Crippen LogP contribution in [0, 0.1) is 0 Å². The smallest absolute Gasteiger partial charge is 0.251 e. The average molecular weight is 267 g/mol. The highest BCUT2D eigenvalue weighted by atomic mass is 16.5. The first-order chi connectivity index (χ1) is 9.08. The summed E-state index contributed by atoms with van der Waals surface area (Å²) >= 11 is 0. The van der Waals surface area contributed by atoms with Gasteiger partial charge in [0.05, 0.1) is 30.7 Å². The van der Waals surface area contributed by atoms with Crippen molar-refractivity contribution in [2.75, 3.05) is 39.8 Å².